The SMILES string of the molecule is CC1(C)c2cc(Cl)ccc2C(=O)N1c1cncc(N[C@@H]2CCCN(S(C)(=O)=O)C2)c1. The van der Waals surface area contributed by atoms with E-state index < -0.39 is 15.6 Å². The highest BCUT2D eigenvalue weighted by Gasteiger charge is 2.44. The molecule has 30 heavy (non-hydrogen) atoms. The Kier molecular flexibility index (Phi) is 5.28. The first-order valence-electron chi connectivity index (χ1n) is 9.88. The third-order valence-electron chi connectivity index (χ3n) is 5.84. The van der Waals surface area contributed by atoms with Crippen molar-refractivity contribution in [3.05, 3.63) is 52.8 Å². The quantitative estimate of drug-likeness (QED) is 0.774. The van der Waals surface area contributed by atoms with Gasteiger partial charge in [-0.25, -0.2) is 12.7 Å². The summed E-state index contributed by atoms with van der Waals surface area (Å²) in [5.41, 5.74) is 2.38. The third-order valence-corrected chi connectivity index (χ3v) is 7.34. The molecule has 7 nitrogen and oxygen atoms in total. The number of nitrogens with zero attached hydrogens (tertiary/aromatic N) is 3. The normalized spacial score (nSPS) is 21.5. The highest BCUT2D eigenvalue weighted by Crippen LogP contribution is 2.43. The van der Waals surface area contributed by atoms with Crippen molar-refractivity contribution in [3.8, 4) is 0 Å². The van der Waals surface area contributed by atoms with Gasteiger partial charge in [-0.3, -0.25) is 14.7 Å². The summed E-state index contributed by atoms with van der Waals surface area (Å²) in [6, 6.07) is 7.21. The lowest BCUT2D eigenvalue weighted by Crippen LogP contribution is -2.44. The molecule has 1 saturated heterocycles. The number of carbonyl (C=O) groups excluding carboxylic acids is 1. The van der Waals surface area contributed by atoms with Crippen molar-refractivity contribution in [2.75, 3.05) is 29.6 Å². The van der Waals surface area contributed by atoms with E-state index in [9.17, 15) is 13.2 Å². The Morgan fingerprint density at radius 1 is 1.23 bits per heavy atom. The van der Waals surface area contributed by atoms with Gasteiger partial charge >= 0.3 is 0 Å². The van der Waals surface area contributed by atoms with Crippen molar-refractivity contribution in [2.45, 2.75) is 38.3 Å². The maximum atomic E-state index is 13.1. The number of pyridine rings is 1. The van der Waals surface area contributed by atoms with Crippen molar-refractivity contribution in [3.63, 3.8) is 0 Å². The van der Waals surface area contributed by atoms with E-state index in [-0.39, 0.29) is 11.9 Å². The summed E-state index contributed by atoms with van der Waals surface area (Å²) >= 11 is 6.17. The minimum atomic E-state index is -3.22. The Hall–Kier alpha value is -2.16. The highest BCUT2D eigenvalue weighted by atomic mass is 35.5. The number of anilines is 2. The predicted octanol–water partition coefficient (Wildman–Crippen LogP) is 3.47. The summed E-state index contributed by atoms with van der Waals surface area (Å²) in [5.74, 6) is -0.0912. The number of amides is 1. The van der Waals surface area contributed by atoms with Crippen LogP contribution in [0.5, 0.6) is 0 Å². The molecule has 0 unspecified atom stereocenters. The van der Waals surface area contributed by atoms with Crippen LogP contribution in [-0.2, 0) is 15.6 Å². The van der Waals surface area contributed by atoms with Gasteiger partial charge < -0.3 is 5.32 Å². The number of carbonyl (C=O) groups is 1. The molecule has 1 fully saturated rings. The maximum absolute atomic E-state index is 13.1. The van der Waals surface area contributed by atoms with E-state index in [2.05, 4.69) is 10.3 Å². The zero-order valence-corrected chi connectivity index (χ0v) is 18.8. The minimum Gasteiger partial charge on any atom is -0.380 e. The highest BCUT2D eigenvalue weighted by molar-refractivity contribution is 7.88. The Morgan fingerprint density at radius 3 is 2.73 bits per heavy atom. The second kappa shape index (κ2) is 7.51. The first kappa shape index (κ1) is 21.1. The largest absolute Gasteiger partial charge is 0.380 e. The van der Waals surface area contributed by atoms with Crippen LogP contribution in [0.2, 0.25) is 5.02 Å². The van der Waals surface area contributed by atoms with Crippen LogP contribution in [0.15, 0.2) is 36.7 Å². The van der Waals surface area contributed by atoms with Gasteiger partial charge in [-0.2, -0.15) is 0 Å². The molecule has 0 saturated carbocycles. The molecular weight excluding hydrogens is 424 g/mol. The fraction of sp³-hybridized carbons (Fsp3) is 0.429. The van der Waals surface area contributed by atoms with Gasteiger partial charge in [0.1, 0.15) is 0 Å². The molecule has 0 aliphatic carbocycles. The van der Waals surface area contributed by atoms with E-state index in [1.165, 1.54) is 10.6 Å². The Balaban J connectivity index is 1.59. The molecule has 3 heterocycles. The van der Waals surface area contributed by atoms with E-state index in [4.69, 9.17) is 11.6 Å². The average Bonchev–Trinajstić information content (AvgIpc) is 2.87. The summed E-state index contributed by atoms with van der Waals surface area (Å²) in [5, 5.41) is 3.99. The second-order valence-corrected chi connectivity index (χ2v) is 10.8. The molecule has 2 aromatic rings. The number of aromatic nitrogens is 1. The molecule has 4 rings (SSSR count). The Bertz CT molecular complexity index is 1100. The smallest absolute Gasteiger partial charge is 0.259 e. The fourth-order valence-corrected chi connectivity index (χ4v) is 5.45. The van der Waals surface area contributed by atoms with Gasteiger partial charge in [-0.1, -0.05) is 11.6 Å². The first-order chi connectivity index (χ1) is 14.1. The summed E-state index contributed by atoms with van der Waals surface area (Å²) in [4.78, 5) is 19.2. The third kappa shape index (κ3) is 3.79. The first-order valence-corrected chi connectivity index (χ1v) is 12.1. The lowest BCUT2D eigenvalue weighted by molar-refractivity contribution is 0.0982. The summed E-state index contributed by atoms with van der Waals surface area (Å²) in [6.45, 7) is 4.93. The standard InChI is InChI=1S/C21H25ClN4O3S/c1-21(2)19-9-14(22)6-7-18(19)20(27)26(21)17-10-16(11-23-12-17)24-15-5-4-8-25(13-15)30(3,28)29/h6-7,9-12,15,24H,4-5,8,13H2,1-3H3/t15-/m1/s1. The molecule has 0 bridgehead atoms. The van der Waals surface area contributed by atoms with Gasteiger partial charge in [0.15, 0.2) is 0 Å². The lowest BCUT2D eigenvalue weighted by Gasteiger charge is -2.34. The van der Waals surface area contributed by atoms with E-state index in [0.29, 0.717) is 29.4 Å². The molecule has 1 amide bonds. The average molecular weight is 449 g/mol. The lowest BCUT2D eigenvalue weighted by atomic mass is 9.93. The molecule has 0 radical (unpaired) electrons. The topological polar surface area (TPSA) is 82.6 Å². The van der Waals surface area contributed by atoms with Gasteiger partial charge in [-0.15, -0.1) is 0 Å². The van der Waals surface area contributed by atoms with Crippen molar-refractivity contribution in [1.82, 2.24) is 9.29 Å². The molecule has 1 N–H and O–H groups in total. The van der Waals surface area contributed by atoms with Gasteiger partial charge in [0, 0.05) is 29.7 Å². The van der Waals surface area contributed by atoms with Crippen LogP contribution in [0.3, 0.4) is 0 Å². The summed E-state index contributed by atoms with van der Waals surface area (Å²) in [6.07, 6.45) is 6.27. The zero-order valence-electron chi connectivity index (χ0n) is 17.2. The number of nitrogens with one attached hydrogen (secondary N) is 1. The number of rotatable bonds is 4. The molecule has 160 valence electrons. The molecule has 1 aromatic heterocycles. The van der Waals surface area contributed by atoms with Crippen LogP contribution >= 0.6 is 11.6 Å². The fourth-order valence-electron chi connectivity index (χ4n) is 4.37. The van der Waals surface area contributed by atoms with Crippen LogP contribution in [0.4, 0.5) is 11.4 Å². The molecule has 0 spiro atoms. The number of halogens is 1. The van der Waals surface area contributed by atoms with E-state index in [0.717, 1.165) is 24.1 Å². The molecule has 2 aliphatic rings. The van der Waals surface area contributed by atoms with Gasteiger partial charge in [0.2, 0.25) is 10.0 Å². The van der Waals surface area contributed by atoms with E-state index in [1.807, 2.05) is 26.0 Å². The van der Waals surface area contributed by atoms with Crippen LogP contribution in [-0.4, -0.2) is 49.0 Å². The van der Waals surface area contributed by atoms with Crippen LogP contribution in [0.25, 0.3) is 0 Å². The molecule has 2 aliphatic heterocycles. The van der Waals surface area contributed by atoms with Gasteiger partial charge in [0.25, 0.3) is 5.91 Å². The molecule has 1 atom stereocenters. The van der Waals surface area contributed by atoms with Crippen molar-refractivity contribution in [2.24, 2.45) is 0 Å². The number of piperidine rings is 1. The number of fused-ring (bicyclic) bond motifs is 1. The maximum Gasteiger partial charge on any atom is 0.259 e. The Labute approximate surface area is 182 Å². The number of benzene rings is 1. The number of sulfonamides is 1. The van der Waals surface area contributed by atoms with Crippen LogP contribution in [0.1, 0.15) is 42.6 Å². The van der Waals surface area contributed by atoms with Crippen LogP contribution in [0, 0.1) is 0 Å². The summed E-state index contributed by atoms with van der Waals surface area (Å²) < 4.78 is 25.3. The molecular formula is C21H25ClN4O3S. The predicted molar refractivity (Wildman–Crippen MR) is 119 cm³/mol. The monoisotopic (exact) mass is 448 g/mol. The van der Waals surface area contributed by atoms with Crippen molar-refractivity contribution in [1.29, 1.82) is 0 Å². The van der Waals surface area contributed by atoms with Gasteiger partial charge in [0.05, 0.1) is 35.6 Å². The van der Waals surface area contributed by atoms with Crippen molar-refractivity contribution >= 4 is 38.9 Å². The van der Waals surface area contributed by atoms with Crippen molar-refractivity contribution < 1.29 is 13.2 Å². The second-order valence-electron chi connectivity index (χ2n) is 8.43. The van der Waals surface area contributed by atoms with E-state index in [1.54, 1.807) is 29.4 Å². The Morgan fingerprint density at radius 2 is 2.00 bits per heavy atom. The van der Waals surface area contributed by atoms with Crippen LogP contribution < -0.4 is 10.2 Å². The number of hydrogen-bond donors (Lipinski definition) is 1. The zero-order chi connectivity index (χ0) is 21.7. The summed E-state index contributed by atoms with van der Waals surface area (Å²) in [7, 11) is -3.22. The molecule has 9 heteroatoms. The number of hydrogen-bond acceptors (Lipinski definition) is 5. The minimum absolute atomic E-state index is 0.0104. The van der Waals surface area contributed by atoms with E-state index >= 15 is 0 Å². The van der Waals surface area contributed by atoms with Gasteiger partial charge in [-0.05, 0) is 56.5 Å². The molecule has 1 aromatic carbocycles.